The van der Waals surface area contributed by atoms with Crippen LogP contribution in [0.1, 0.15) is 0 Å². The van der Waals surface area contributed by atoms with Crippen LogP contribution >= 0.6 is 15.9 Å². The SMILES string of the molecule is Nc1ccccc1NC(=O)Cn1cc(Br)ccc1=O. The van der Waals surface area contributed by atoms with Crippen LogP contribution in [-0.4, -0.2) is 10.5 Å². The van der Waals surface area contributed by atoms with E-state index < -0.39 is 0 Å². The molecule has 5 nitrogen and oxygen atoms in total. The Balaban J connectivity index is 2.12. The molecular formula is C13H12BrN3O2. The van der Waals surface area contributed by atoms with Crippen LogP contribution in [0.3, 0.4) is 0 Å². The summed E-state index contributed by atoms with van der Waals surface area (Å²) >= 11 is 3.25. The summed E-state index contributed by atoms with van der Waals surface area (Å²) in [6.45, 7) is -0.0629. The number of para-hydroxylation sites is 2. The van der Waals surface area contributed by atoms with E-state index in [1.54, 1.807) is 36.5 Å². The van der Waals surface area contributed by atoms with Crippen molar-refractivity contribution in [2.45, 2.75) is 6.54 Å². The number of pyridine rings is 1. The maximum absolute atomic E-state index is 11.9. The molecule has 1 aromatic carbocycles. The first-order valence-corrected chi connectivity index (χ1v) is 6.36. The molecule has 19 heavy (non-hydrogen) atoms. The lowest BCUT2D eigenvalue weighted by Crippen LogP contribution is -2.26. The number of benzene rings is 1. The molecule has 0 radical (unpaired) electrons. The third-order valence-electron chi connectivity index (χ3n) is 2.50. The zero-order chi connectivity index (χ0) is 13.8. The van der Waals surface area contributed by atoms with Gasteiger partial charge in [-0.3, -0.25) is 9.59 Å². The van der Waals surface area contributed by atoms with Gasteiger partial charge >= 0.3 is 0 Å². The first-order chi connectivity index (χ1) is 9.06. The van der Waals surface area contributed by atoms with Gasteiger partial charge in [0.1, 0.15) is 6.54 Å². The fraction of sp³-hybridized carbons (Fsp3) is 0.0769. The summed E-state index contributed by atoms with van der Waals surface area (Å²) in [6, 6.07) is 9.99. The van der Waals surface area contributed by atoms with Crippen molar-refractivity contribution in [2.24, 2.45) is 0 Å². The fourth-order valence-electron chi connectivity index (χ4n) is 1.58. The van der Waals surface area contributed by atoms with Crippen LogP contribution in [0.5, 0.6) is 0 Å². The standard InChI is InChI=1S/C13H12BrN3O2/c14-9-5-6-13(19)17(7-9)8-12(18)16-11-4-2-1-3-10(11)15/h1-7H,8,15H2,(H,16,18). The van der Waals surface area contributed by atoms with Gasteiger partial charge in [0, 0.05) is 16.7 Å². The Morgan fingerprint density at radius 3 is 2.74 bits per heavy atom. The normalized spacial score (nSPS) is 10.2. The van der Waals surface area contributed by atoms with E-state index in [0.717, 1.165) is 4.47 Å². The highest BCUT2D eigenvalue weighted by Crippen LogP contribution is 2.16. The number of aromatic nitrogens is 1. The van der Waals surface area contributed by atoms with Gasteiger partial charge in [0.25, 0.3) is 5.56 Å². The van der Waals surface area contributed by atoms with Gasteiger partial charge in [-0.05, 0) is 34.1 Å². The van der Waals surface area contributed by atoms with Crippen molar-refractivity contribution in [3.8, 4) is 0 Å². The van der Waals surface area contributed by atoms with Crippen LogP contribution < -0.4 is 16.6 Å². The molecule has 0 saturated heterocycles. The zero-order valence-corrected chi connectivity index (χ0v) is 11.6. The molecule has 0 atom stereocenters. The lowest BCUT2D eigenvalue weighted by atomic mass is 10.2. The van der Waals surface area contributed by atoms with Crippen molar-refractivity contribution in [3.05, 3.63) is 57.4 Å². The van der Waals surface area contributed by atoms with E-state index in [2.05, 4.69) is 21.2 Å². The number of hydrogen-bond acceptors (Lipinski definition) is 3. The molecule has 1 aromatic heterocycles. The Bertz CT molecular complexity index is 667. The van der Waals surface area contributed by atoms with Gasteiger partial charge in [-0.15, -0.1) is 0 Å². The highest BCUT2D eigenvalue weighted by atomic mass is 79.9. The molecule has 0 aliphatic rings. The molecule has 3 N–H and O–H groups in total. The molecule has 1 heterocycles. The number of amides is 1. The van der Waals surface area contributed by atoms with Gasteiger partial charge in [0.15, 0.2) is 0 Å². The van der Waals surface area contributed by atoms with E-state index in [4.69, 9.17) is 5.73 Å². The number of nitrogens with zero attached hydrogens (tertiary/aromatic N) is 1. The van der Waals surface area contributed by atoms with Crippen LogP contribution in [0.25, 0.3) is 0 Å². The zero-order valence-electron chi connectivity index (χ0n) is 9.97. The molecule has 98 valence electrons. The van der Waals surface area contributed by atoms with Crippen molar-refractivity contribution < 1.29 is 4.79 Å². The molecule has 0 aliphatic carbocycles. The molecule has 0 unspecified atom stereocenters. The molecule has 2 rings (SSSR count). The van der Waals surface area contributed by atoms with Crippen LogP contribution in [0, 0.1) is 0 Å². The number of carbonyl (C=O) groups excluding carboxylic acids is 1. The molecule has 2 aromatic rings. The molecule has 0 spiro atoms. The molecule has 0 bridgehead atoms. The second-order valence-corrected chi connectivity index (χ2v) is 4.86. The molecule has 6 heteroatoms. The van der Waals surface area contributed by atoms with E-state index in [1.165, 1.54) is 10.6 Å². The van der Waals surface area contributed by atoms with E-state index in [-0.39, 0.29) is 18.0 Å². The maximum Gasteiger partial charge on any atom is 0.251 e. The summed E-state index contributed by atoms with van der Waals surface area (Å²) in [6.07, 6.45) is 1.57. The van der Waals surface area contributed by atoms with E-state index in [9.17, 15) is 9.59 Å². The highest BCUT2D eigenvalue weighted by Gasteiger charge is 2.07. The summed E-state index contributed by atoms with van der Waals surface area (Å²) in [5, 5.41) is 2.67. The van der Waals surface area contributed by atoms with E-state index in [0.29, 0.717) is 11.4 Å². The van der Waals surface area contributed by atoms with Gasteiger partial charge in [-0.2, -0.15) is 0 Å². The minimum Gasteiger partial charge on any atom is -0.397 e. The fourth-order valence-corrected chi connectivity index (χ4v) is 1.96. The molecular weight excluding hydrogens is 310 g/mol. The lowest BCUT2D eigenvalue weighted by Gasteiger charge is -2.09. The van der Waals surface area contributed by atoms with Crippen LogP contribution in [0.4, 0.5) is 11.4 Å². The van der Waals surface area contributed by atoms with E-state index >= 15 is 0 Å². The first-order valence-electron chi connectivity index (χ1n) is 5.56. The average molecular weight is 322 g/mol. The van der Waals surface area contributed by atoms with Crippen molar-refractivity contribution in [3.63, 3.8) is 0 Å². The van der Waals surface area contributed by atoms with Gasteiger partial charge in [-0.1, -0.05) is 12.1 Å². The van der Waals surface area contributed by atoms with Gasteiger partial charge in [0.2, 0.25) is 5.91 Å². The number of nitrogens with two attached hydrogens (primary N) is 1. The van der Waals surface area contributed by atoms with Crippen molar-refractivity contribution >= 4 is 33.2 Å². The smallest absolute Gasteiger partial charge is 0.251 e. The molecule has 0 fully saturated rings. The second-order valence-electron chi connectivity index (χ2n) is 3.95. The number of nitrogens with one attached hydrogen (secondary N) is 1. The van der Waals surface area contributed by atoms with Crippen LogP contribution in [0.2, 0.25) is 0 Å². The number of carbonyl (C=O) groups is 1. The summed E-state index contributed by atoms with van der Waals surface area (Å²) in [4.78, 5) is 23.4. The predicted molar refractivity (Wildman–Crippen MR) is 77.9 cm³/mol. The molecule has 0 aliphatic heterocycles. The average Bonchev–Trinajstić information content (AvgIpc) is 2.37. The second kappa shape index (κ2) is 5.71. The monoisotopic (exact) mass is 321 g/mol. The van der Waals surface area contributed by atoms with Crippen molar-refractivity contribution in [1.29, 1.82) is 0 Å². The molecule has 1 amide bonds. The summed E-state index contributed by atoms with van der Waals surface area (Å²) in [5.74, 6) is -0.307. The third kappa shape index (κ3) is 3.45. The number of halogens is 1. The predicted octanol–water partition coefficient (Wildman–Crippen LogP) is 1.83. The largest absolute Gasteiger partial charge is 0.397 e. The summed E-state index contributed by atoms with van der Waals surface area (Å²) in [5.41, 5.74) is 6.51. The lowest BCUT2D eigenvalue weighted by molar-refractivity contribution is -0.116. The Kier molecular flexibility index (Phi) is 4.01. The van der Waals surface area contributed by atoms with Crippen molar-refractivity contribution in [2.75, 3.05) is 11.1 Å². The minimum atomic E-state index is -0.307. The van der Waals surface area contributed by atoms with Gasteiger partial charge in [0.05, 0.1) is 11.4 Å². The first kappa shape index (κ1) is 13.4. The van der Waals surface area contributed by atoms with Crippen LogP contribution in [-0.2, 0) is 11.3 Å². The number of hydrogen-bond donors (Lipinski definition) is 2. The number of rotatable bonds is 3. The maximum atomic E-state index is 11.9. The number of nitrogen functional groups attached to an aromatic ring is 1. The third-order valence-corrected chi connectivity index (χ3v) is 2.97. The summed E-state index contributed by atoms with van der Waals surface area (Å²) in [7, 11) is 0. The van der Waals surface area contributed by atoms with Gasteiger partial charge in [-0.25, -0.2) is 0 Å². The van der Waals surface area contributed by atoms with Crippen LogP contribution in [0.15, 0.2) is 51.9 Å². The van der Waals surface area contributed by atoms with Gasteiger partial charge < -0.3 is 15.6 Å². The highest BCUT2D eigenvalue weighted by molar-refractivity contribution is 9.10. The topological polar surface area (TPSA) is 77.1 Å². The Hall–Kier alpha value is -2.08. The number of anilines is 2. The van der Waals surface area contributed by atoms with Crippen molar-refractivity contribution in [1.82, 2.24) is 4.57 Å². The minimum absolute atomic E-state index is 0.0629. The Morgan fingerprint density at radius 1 is 1.26 bits per heavy atom. The quantitative estimate of drug-likeness (QED) is 0.847. The molecule has 0 saturated carbocycles. The summed E-state index contributed by atoms with van der Waals surface area (Å²) < 4.78 is 2.05. The Morgan fingerprint density at radius 2 is 2.00 bits per heavy atom. The Labute approximate surface area is 118 Å². The van der Waals surface area contributed by atoms with E-state index in [1.807, 2.05) is 0 Å².